The number of carbonyl (C=O) groups is 1. The van der Waals surface area contributed by atoms with Crippen LogP contribution in [0.5, 0.6) is 0 Å². The minimum atomic E-state index is -0.386. The number of amides is 1. The quantitative estimate of drug-likeness (QED) is 0.752. The summed E-state index contributed by atoms with van der Waals surface area (Å²) in [6.07, 6.45) is 12.6. The molecule has 0 bridgehead atoms. The van der Waals surface area contributed by atoms with Gasteiger partial charge in [-0.2, -0.15) is 10.2 Å². The number of benzene rings is 1. The lowest BCUT2D eigenvalue weighted by Gasteiger charge is -2.39. The highest BCUT2D eigenvalue weighted by atomic mass is 16.1. The Balaban J connectivity index is 1.42. The number of hydrogen-bond donors (Lipinski definition) is 1. The highest BCUT2D eigenvalue weighted by Gasteiger charge is 2.40. The molecule has 0 saturated carbocycles. The third kappa shape index (κ3) is 4.06. The highest BCUT2D eigenvalue weighted by molar-refractivity contribution is 5.76. The predicted molar refractivity (Wildman–Crippen MR) is 105 cm³/mol. The van der Waals surface area contributed by atoms with E-state index in [9.17, 15) is 4.79 Å². The van der Waals surface area contributed by atoms with Gasteiger partial charge in [-0.05, 0) is 49.9 Å². The van der Waals surface area contributed by atoms with E-state index in [1.165, 1.54) is 24.0 Å². The van der Waals surface area contributed by atoms with Gasteiger partial charge in [-0.15, -0.1) is 12.3 Å². The fourth-order valence-corrected chi connectivity index (χ4v) is 4.61. The predicted octanol–water partition coefficient (Wildman–Crippen LogP) is 3.61. The molecule has 5 heteroatoms. The van der Waals surface area contributed by atoms with Crippen LogP contribution in [0.1, 0.15) is 62.1 Å². The van der Waals surface area contributed by atoms with Crippen LogP contribution in [0, 0.1) is 12.3 Å². The molecule has 1 N–H and O–H groups in total. The second-order valence-corrected chi connectivity index (χ2v) is 7.98. The maximum absolute atomic E-state index is 12.8. The zero-order valence-electron chi connectivity index (χ0n) is 15.9. The molecule has 2 unspecified atom stereocenters. The van der Waals surface area contributed by atoms with Crippen molar-refractivity contribution < 1.29 is 4.79 Å². The van der Waals surface area contributed by atoms with E-state index in [2.05, 4.69) is 50.6 Å². The number of likely N-dealkylation sites (tertiary alicyclic amines) is 1. The van der Waals surface area contributed by atoms with Crippen molar-refractivity contribution >= 4 is 5.91 Å². The van der Waals surface area contributed by atoms with Crippen molar-refractivity contribution in [2.45, 2.75) is 69.1 Å². The molecular weight excluding hydrogens is 336 g/mol. The Hall–Kier alpha value is -2.19. The number of hydrogen-bond acceptors (Lipinski definition) is 4. The van der Waals surface area contributed by atoms with Crippen molar-refractivity contribution in [2.24, 2.45) is 10.2 Å². The standard InChI is InChI=1S/C22H28N4O/c1-2-3-13-22(24-25-22)14-12-20(27)23-21-18-9-5-4-8-17(18)10-11-19(21)26-15-6-7-16-26/h1,4-5,8-9,19,21H,3,6-7,10-16H2,(H,23,27). The van der Waals surface area contributed by atoms with E-state index in [1.807, 2.05) is 0 Å². The Kier molecular flexibility index (Phi) is 5.27. The van der Waals surface area contributed by atoms with Crippen LogP contribution in [0.4, 0.5) is 0 Å². The molecule has 2 heterocycles. The number of terminal acetylenes is 1. The lowest BCUT2D eigenvalue weighted by Crippen LogP contribution is -2.47. The Morgan fingerprint density at radius 3 is 2.78 bits per heavy atom. The summed E-state index contributed by atoms with van der Waals surface area (Å²) in [5, 5.41) is 11.6. The van der Waals surface area contributed by atoms with Crippen molar-refractivity contribution in [3.05, 3.63) is 35.4 Å². The van der Waals surface area contributed by atoms with Gasteiger partial charge in [0, 0.05) is 31.7 Å². The summed E-state index contributed by atoms with van der Waals surface area (Å²) in [5.74, 6) is 2.73. The maximum atomic E-state index is 12.8. The van der Waals surface area contributed by atoms with Crippen LogP contribution in [0.15, 0.2) is 34.5 Å². The number of rotatable bonds is 7. The maximum Gasteiger partial charge on any atom is 0.220 e. The van der Waals surface area contributed by atoms with Crippen molar-refractivity contribution in [3.8, 4) is 12.3 Å². The van der Waals surface area contributed by atoms with Crippen LogP contribution in [0.25, 0.3) is 0 Å². The summed E-state index contributed by atoms with van der Waals surface area (Å²) in [6, 6.07) is 9.04. The Bertz CT molecular complexity index is 754. The number of fused-ring (bicyclic) bond motifs is 1. The molecule has 1 aromatic carbocycles. The molecule has 0 aromatic heterocycles. The second kappa shape index (κ2) is 7.82. The molecule has 27 heavy (non-hydrogen) atoms. The van der Waals surface area contributed by atoms with Gasteiger partial charge in [0.15, 0.2) is 5.66 Å². The van der Waals surface area contributed by atoms with E-state index >= 15 is 0 Å². The smallest absolute Gasteiger partial charge is 0.220 e. The van der Waals surface area contributed by atoms with E-state index in [4.69, 9.17) is 6.42 Å². The molecular formula is C22H28N4O. The van der Waals surface area contributed by atoms with E-state index in [1.54, 1.807) is 0 Å². The molecule has 2 atom stereocenters. The van der Waals surface area contributed by atoms with Gasteiger partial charge < -0.3 is 5.32 Å². The molecule has 142 valence electrons. The van der Waals surface area contributed by atoms with Crippen LogP contribution in [-0.4, -0.2) is 35.6 Å². The van der Waals surface area contributed by atoms with Crippen molar-refractivity contribution in [3.63, 3.8) is 0 Å². The molecule has 0 spiro atoms. The molecule has 1 aliphatic carbocycles. The Morgan fingerprint density at radius 2 is 2.04 bits per heavy atom. The third-order valence-electron chi connectivity index (χ3n) is 6.22. The number of carbonyl (C=O) groups excluding carboxylic acids is 1. The summed E-state index contributed by atoms with van der Waals surface area (Å²) >= 11 is 0. The van der Waals surface area contributed by atoms with Crippen molar-refractivity contribution in [1.29, 1.82) is 0 Å². The summed E-state index contributed by atoms with van der Waals surface area (Å²) < 4.78 is 0. The van der Waals surface area contributed by atoms with Gasteiger partial charge in [0.2, 0.25) is 5.91 Å². The fraction of sp³-hybridized carbons (Fsp3) is 0.591. The monoisotopic (exact) mass is 364 g/mol. The molecule has 1 amide bonds. The number of aryl methyl sites for hydroxylation is 1. The Morgan fingerprint density at radius 1 is 1.26 bits per heavy atom. The molecule has 4 rings (SSSR count). The summed E-state index contributed by atoms with van der Waals surface area (Å²) in [5.41, 5.74) is 2.27. The molecule has 1 aromatic rings. The highest BCUT2D eigenvalue weighted by Crippen LogP contribution is 2.38. The average molecular weight is 364 g/mol. The molecule has 0 radical (unpaired) electrons. The van der Waals surface area contributed by atoms with Gasteiger partial charge in [0.25, 0.3) is 0 Å². The van der Waals surface area contributed by atoms with Crippen LogP contribution < -0.4 is 5.32 Å². The van der Waals surface area contributed by atoms with Crippen LogP contribution >= 0.6 is 0 Å². The molecule has 2 aliphatic heterocycles. The van der Waals surface area contributed by atoms with E-state index in [-0.39, 0.29) is 17.6 Å². The summed E-state index contributed by atoms with van der Waals surface area (Å²) in [7, 11) is 0. The Labute approximate surface area is 161 Å². The summed E-state index contributed by atoms with van der Waals surface area (Å²) in [4.78, 5) is 15.3. The van der Waals surface area contributed by atoms with Crippen LogP contribution in [-0.2, 0) is 11.2 Å². The van der Waals surface area contributed by atoms with Crippen LogP contribution in [0.3, 0.4) is 0 Å². The largest absolute Gasteiger partial charge is 0.348 e. The van der Waals surface area contributed by atoms with Gasteiger partial charge in [0.1, 0.15) is 0 Å². The van der Waals surface area contributed by atoms with E-state index < -0.39 is 0 Å². The van der Waals surface area contributed by atoms with Crippen LogP contribution in [0.2, 0.25) is 0 Å². The topological polar surface area (TPSA) is 57.1 Å². The average Bonchev–Trinajstić information content (AvgIpc) is 3.26. The minimum Gasteiger partial charge on any atom is -0.348 e. The zero-order chi connectivity index (χ0) is 18.7. The third-order valence-corrected chi connectivity index (χ3v) is 6.22. The fourth-order valence-electron chi connectivity index (χ4n) is 4.61. The van der Waals surface area contributed by atoms with Gasteiger partial charge in [-0.25, -0.2) is 0 Å². The van der Waals surface area contributed by atoms with E-state index in [0.717, 1.165) is 32.4 Å². The van der Waals surface area contributed by atoms with Gasteiger partial charge in [-0.3, -0.25) is 9.69 Å². The van der Waals surface area contributed by atoms with Gasteiger partial charge >= 0.3 is 0 Å². The summed E-state index contributed by atoms with van der Waals surface area (Å²) in [6.45, 7) is 2.29. The lowest BCUT2D eigenvalue weighted by molar-refractivity contribution is -0.122. The van der Waals surface area contributed by atoms with Crippen molar-refractivity contribution in [2.75, 3.05) is 13.1 Å². The number of nitrogens with one attached hydrogen (secondary N) is 1. The molecule has 3 aliphatic rings. The van der Waals surface area contributed by atoms with E-state index in [0.29, 0.717) is 25.3 Å². The first-order valence-corrected chi connectivity index (χ1v) is 10.2. The molecule has 1 saturated heterocycles. The first-order chi connectivity index (χ1) is 13.2. The first kappa shape index (κ1) is 18.2. The van der Waals surface area contributed by atoms with Gasteiger partial charge in [0.05, 0.1) is 6.04 Å². The van der Waals surface area contributed by atoms with Crippen molar-refractivity contribution in [1.82, 2.24) is 10.2 Å². The minimum absolute atomic E-state index is 0.0790. The first-order valence-electron chi connectivity index (χ1n) is 10.2. The molecule has 5 nitrogen and oxygen atoms in total. The molecule has 1 fully saturated rings. The second-order valence-electron chi connectivity index (χ2n) is 7.98. The SMILES string of the molecule is C#CCCC1(CCC(=O)NC2c3ccccc3CCC2N2CCCC2)N=N1. The number of nitrogens with zero attached hydrogens (tertiary/aromatic N) is 3. The normalized spacial score (nSPS) is 25.6. The zero-order valence-corrected chi connectivity index (χ0v) is 15.9. The van der Waals surface area contributed by atoms with Gasteiger partial charge in [-0.1, -0.05) is 24.3 Å². The lowest BCUT2D eigenvalue weighted by atomic mass is 9.83.